The van der Waals surface area contributed by atoms with Crippen molar-refractivity contribution in [3.8, 4) is 17.2 Å². The molecule has 0 atom stereocenters. The van der Waals surface area contributed by atoms with Crippen molar-refractivity contribution in [2.75, 3.05) is 18.7 Å². The highest BCUT2D eigenvalue weighted by Crippen LogP contribution is 2.32. The Balaban J connectivity index is 1.58. The first-order chi connectivity index (χ1) is 14.7. The van der Waals surface area contributed by atoms with Gasteiger partial charge in [0.1, 0.15) is 5.56 Å². The van der Waals surface area contributed by atoms with Crippen LogP contribution in [0.4, 0.5) is 5.82 Å². The van der Waals surface area contributed by atoms with E-state index in [1.807, 2.05) is 36.4 Å². The second kappa shape index (κ2) is 8.52. The summed E-state index contributed by atoms with van der Waals surface area (Å²) in [5.41, 5.74) is 1.64. The van der Waals surface area contributed by atoms with E-state index in [0.717, 1.165) is 5.56 Å². The van der Waals surface area contributed by atoms with E-state index < -0.39 is 11.9 Å². The molecule has 1 aliphatic heterocycles. The zero-order chi connectivity index (χ0) is 20.9. The van der Waals surface area contributed by atoms with Crippen molar-refractivity contribution >= 4 is 23.8 Å². The summed E-state index contributed by atoms with van der Waals surface area (Å²) >= 11 is 0. The van der Waals surface area contributed by atoms with E-state index in [9.17, 15) is 9.59 Å². The molecule has 0 unspecified atom stereocenters. The minimum absolute atomic E-state index is 0.172. The Bertz CT molecular complexity index is 1110. The van der Waals surface area contributed by atoms with E-state index >= 15 is 0 Å². The molecule has 0 spiro atoms. The molecule has 1 amide bonds. The molecular weight excluding hydrogens is 386 g/mol. The predicted octanol–water partition coefficient (Wildman–Crippen LogP) is 3.43. The normalized spacial score (nSPS) is 12.2. The molecule has 1 aliphatic rings. The molecule has 0 saturated heterocycles. The molecule has 0 radical (unpaired) electrons. The van der Waals surface area contributed by atoms with Crippen molar-refractivity contribution in [3.63, 3.8) is 0 Å². The fourth-order valence-corrected chi connectivity index (χ4v) is 2.94. The molecule has 4 rings (SSSR count). The maximum atomic E-state index is 12.6. The Morgan fingerprint density at radius 3 is 2.77 bits per heavy atom. The number of aromatic nitrogens is 2. The van der Waals surface area contributed by atoms with E-state index in [2.05, 4.69) is 10.4 Å². The Kier molecular flexibility index (Phi) is 5.47. The first-order valence-corrected chi connectivity index (χ1v) is 9.35. The van der Waals surface area contributed by atoms with Crippen molar-refractivity contribution in [3.05, 3.63) is 71.9 Å². The van der Waals surface area contributed by atoms with Gasteiger partial charge in [0.25, 0.3) is 0 Å². The lowest BCUT2D eigenvalue weighted by Gasteiger charge is -2.10. The number of hydrogen-bond donors (Lipinski definition) is 1. The third kappa shape index (κ3) is 4.02. The molecule has 2 aromatic carbocycles. The summed E-state index contributed by atoms with van der Waals surface area (Å²) in [7, 11) is 0. The van der Waals surface area contributed by atoms with Crippen LogP contribution < -0.4 is 14.8 Å². The number of carbonyl (C=O) groups is 2. The van der Waals surface area contributed by atoms with Crippen LogP contribution in [0.2, 0.25) is 0 Å². The molecule has 8 heteroatoms. The first kappa shape index (κ1) is 19.3. The lowest BCUT2D eigenvalue weighted by atomic mass is 10.2. The number of ether oxygens (including phenoxy) is 3. The van der Waals surface area contributed by atoms with Crippen molar-refractivity contribution in [2.45, 2.75) is 6.92 Å². The fourth-order valence-electron chi connectivity index (χ4n) is 2.94. The summed E-state index contributed by atoms with van der Waals surface area (Å²) in [6, 6.07) is 14.6. The molecule has 0 fully saturated rings. The molecule has 0 bridgehead atoms. The van der Waals surface area contributed by atoms with Gasteiger partial charge in [-0.05, 0) is 42.8 Å². The number of fused-ring (bicyclic) bond motifs is 1. The lowest BCUT2D eigenvalue weighted by Crippen LogP contribution is -2.16. The number of para-hydroxylation sites is 1. The van der Waals surface area contributed by atoms with Crippen LogP contribution in [-0.4, -0.2) is 35.1 Å². The van der Waals surface area contributed by atoms with Crippen molar-refractivity contribution in [2.24, 2.45) is 0 Å². The lowest BCUT2D eigenvalue weighted by molar-refractivity contribution is -0.111. The summed E-state index contributed by atoms with van der Waals surface area (Å²) in [6.45, 7) is 2.11. The highest BCUT2D eigenvalue weighted by Gasteiger charge is 2.21. The standard InChI is InChI=1S/C22H19N3O5/c1-2-28-22(27)17-13-23-25(16-6-4-3-5-7-16)21(17)24-20(26)11-9-15-8-10-18-19(12-15)30-14-29-18/h3-13H,2,14H2,1H3,(H,24,26)/b11-9+. The third-order valence-corrected chi connectivity index (χ3v) is 4.33. The summed E-state index contributed by atoms with van der Waals surface area (Å²) in [5.74, 6) is 0.553. The van der Waals surface area contributed by atoms with Gasteiger partial charge in [0, 0.05) is 6.08 Å². The second-order valence-corrected chi connectivity index (χ2v) is 6.31. The summed E-state index contributed by atoms with van der Waals surface area (Å²) in [5, 5.41) is 6.98. The van der Waals surface area contributed by atoms with Gasteiger partial charge in [0.2, 0.25) is 12.7 Å². The second-order valence-electron chi connectivity index (χ2n) is 6.31. The van der Waals surface area contributed by atoms with E-state index in [1.165, 1.54) is 17.0 Å². The average Bonchev–Trinajstić information content (AvgIpc) is 3.39. The predicted molar refractivity (Wildman–Crippen MR) is 110 cm³/mol. The van der Waals surface area contributed by atoms with Crippen LogP contribution in [0.1, 0.15) is 22.8 Å². The van der Waals surface area contributed by atoms with E-state index in [-0.39, 0.29) is 24.8 Å². The molecule has 1 N–H and O–H groups in total. The topological polar surface area (TPSA) is 91.7 Å². The zero-order valence-corrected chi connectivity index (χ0v) is 16.2. The molecule has 0 aliphatic carbocycles. The summed E-state index contributed by atoms with van der Waals surface area (Å²) in [4.78, 5) is 24.9. The van der Waals surface area contributed by atoms with Gasteiger partial charge in [-0.3, -0.25) is 4.79 Å². The number of benzene rings is 2. The molecule has 152 valence electrons. The van der Waals surface area contributed by atoms with Gasteiger partial charge in [-0.15, -0.1) is 0 Å². The maximum absolute atomic E-state index is 12.6. The van der Waals surface area contributed by atoms with Crippen LogP contribution in [0.25, 0.3) is 11.8 Å². The van der Waals surface area contributed by atoms with Gasteiger partial charge < -0.3 is 19.5 Å². The molecule has 0 saturated carbocycles. The number of hydrogen-bond acceptors (Lipinski definition) is 6. The van der Waals surface area contributed by atoms with Gasteiger partial charge in [0.15, 0.2) is 17.3 Å². The van der Waals surface area contributed by atoms with Crippen LogP contribution in [0.5, 0.6) is 11.5 Å². The highest BCUT2D eigenvalue weighted by atomic mass is 16.7. The van der Waals surface area contributed by atoms with Crippen LogP contribution >= 0.6 is 0 Å². The number of carbonyl (C=O) groups excluding carboxylic acids is 2. The number of amides is 1. The highest BCUT2D eigenvalue weighted by molar-refractivity contribution is 6.05. The van der Waals surface area contributed by atoms with Gasteiger partial charge in [0.05, 0.1) is 18.5 Å². The monoisotopic (exact) mass is 405 g/mol. The summed E-state index contributed by atoms with van der Waals surface area (Å²) < 4.78 is 17.2. The Labute approximate surface area is 172 Å². The number of nitrogens with one attached hydrogen (secondary N) is 1. The smallest absolute Gasteiger partial charge is 0.343 e. The molecular formula is C22H19N3O5. The van der Waals surface area contributed by atoms with Crippen LogP contribution in [0.15, 0.2) is 60.8 Å². The van der Waals surface area contributed by atoms with Gasteiger partial charge >= 0.3 is 5.97 Å². The largest absolute Gasteiger partial charge is 0.462 e. The Hall–Kier alpha value is -4.07. The first-order valence-electron chi connectivity index (χ1n) is 9.35. The minimum Gasteiger partial charge on any atom is -0.462 e. The quantitative estimate of drug-likeness (QED) is 0.499. The molecule has 3 aromatic rings. The van der Waals surface area contributed by atoms with Crippen LogP contribution in [0, 0.1) is 0 Å². The molecule has 8 nitrogen and oxygen atoms in total. The van der Waals surface area contributed by atoms with Crippen molar-refractivity contribution in [1.82, 2.24) is 9.78 Å². The van der Waals surface area contributed by atoms with Crippen LogP contribution in [-0.2, 0) is 9.53 Å². The van der Waals surface area contributed by atoms with Gasteiger partial charge in [-0.1, -0.05) is 24.3 Å². The number of nitrogens with zero attached hydrogens (tertiary/aromatic N) is 2. The molecule has 1 aromatic heterocycles. The van der Waals surface area contributed by atoms with Gasteiger partial charge in [-0.2, -0.15) is 5.10 Å². The van der Waals surface area contributed by atoms with Crippen LogP contribution in [0.3, 0.4) is 0 Å². The number of esters is 1. The van der Waals surface area contributed by atoms with E-state index in [4.69, 9.17) is 14.2 Å². The Morgan fingerprint density at radius 1 is 1.17 bits per heavy atom. The average molecular weight is 405 g/mol. The zero-order valence-electron chi connectivity index (χ0n) is 16.2. The SMILES string of the molecule is CCOC(=O)c1cnn(-c2ccccc2)c1NC(=O)/C=C/c1ccc2c(c1)OCO2. The third-order valence-electron chi connectivity index (χ3n) is 4.33. The van der Waals surface area contributed by atoms with Crippen molar-refractivity contribution in [1.29, 1.82) is 0 Å². The minimum atomic E-state index is -0.560. The summed E-state index contributed by atoms with van der Waals surface area (Å²) in [6.07, 6.45) is 4.39. The number of rotatable bonds is 6. The fraction of sp³-hybridized carbons (Fsp3) is 0.136. The van der Waals surface area contributed by atoms with E-state index in [1.54, 1.807) is 25.1 Å². The maximum Gasteiger partial charge on any atom is 0.343 e. The van der Waals surface area contributed by atoms with E-state index in [0.29, 0.717) is 17.2 Å². The van der Waals surface area contributed by atoms with Gasteiger partial charge in [-0.25, -0.2) is 9.48 Å². The molecule has 2 heterocycles. The Morgan fingerprint density at radius 2 is 1.97 bits per heavy atom. The number of anilines is 1. The van der Waals surface area contributed by atoms with Crippen molar-refractivity contribution < 1.29 is 23.8 Å². The molecule has 30 heavy (non-hydrogen) atoms.